The molecule has 27 heavy (non-hydrogen) atoms. The number of halogens is 1. The first kappa shape index (κ1) is 18.1. The van der Waals surface area contributed by atoms with Gasteiger partial charge in [0.1, 0.15) is 10.7 Å². The number of carbonyl (C=O) groups is 2. The average Bonchev–Trinajstić information content (AvgIpc) is 3.10. The minimum Gasteiger partial charge on any atom is -0.477 e. The highest BCUT2D eigenvalue weighted by Gasteiger charge is 2.43. The quantitative estimate of drug-likeness (QED) is 0.852. The topological polar surface area (TPSA) is 66.8 Å². The molecule has 2 aliphatic rings. The van der Waals surface area contributed by atoms with Gasteiger partial charge >= 0.3 is 5.97 Å². The highest BCUT2D eigenvalue weighted by atomic mass is 32.1. The molecule has 0 unspecified atom stereocenters. The van der Waals surface area contributed by atoms with E-state index in [0.717, 1.165) is 22.4 Å². The fourth-order valence-corrected chi connectivity index (χ4v) is 5.07. The lowest BCUT2D eigenvalue weighted by Crippen LogP contribution is -2.48. The van der Waals surface area contributed by atoms with E-state index in [2.05, 4.69) is 0 Å². The van der Waals surface area contributed by atoms with Gasteiger partial charge in [-0.3, -0.25) is 4.79 Å². The maximum atomic E-state index is 13.6. The Hall–Kier alpha value is -2.25. The van der Waals surface area contributed by atoms with Crippen molar-refractivity contribution in [2.24, 2.45) is 0 Å². The lowest BCUT2D eigenvalue weighted by atomic mass is 9.82. The SMILES string of the molecule is Cc1ccc(F)cc1C(=O)N1CCC2(CC1)OCCc1sc(C(=O)O)cc12. The Balaban J connectivity index is 1.55. The molecule has 0 atom stereocenters. The number of carboxylic acids is 1. The van der Waals surface area contributed by atoms with Gasteiger partial charge in [0.05, 0.1) is 12.2 Å². The average molecular weight is 389 g/mol. The number of aryl methyl sites for hydroxylation is 1. The zero-order chi connectivity index (χ0) is 19.2. The van der Waals surface area contributed by atoms with Crippen molar-refractivity contribution in [2.45, 2.75) is 31.8 Å². The van der Waals surface area contributed by atoms with Gasteiger partial charge in [-0.15, -0.1) is 11.3 Å². The van der Waals surface area contributed by atoms with Gasteiger partial charge in [-0.05, 0) is 49.1 Å². The molecule has 3 heterocycles. The summed E-state index contributed by atoms with van der Waals surface area (Å²) in [5, 5.41) is 9.30. The molecule has 1 saturated heterocycles. The number of hydrogen-bond acceptors (Lipinski definition) is 4. The zero-order valence-corrected chi connectivity index (χ0v) is 15.8. The first-order chi connectivity index (χ1) is 12.9. The van der Waals surface area contributed by atoms with E-state index in [1.165, 1.54) is 23.5 Å². The van der Waals surface area contributed by atoms with Crippen LogP contribution in [0.25, 0.3) is 0 Å². The summed E-state index contributed by atoms with van der Waals surface area (Å²) in [6.45, 7) is 3.34. The predicted molar refractivity (Wildman–Crippen MR) is 98.9 cm³/mol. The van der Waals surface area contributed by atoms with Crippen molar-refractivity contribution in [1.82, 2.24) is 4.90 Å². The van der Waals surface area contributed by atoms with Crippen molar-refractivity contribution in [1.29, 1.82) is 0 Å². The third-order valence-electron chi connectivity index (χ3n) is 5.51. The summed E-state index contributed by atoms with van der Waals surface area (Å²) in [5.41, 5.74) is 1.58. The monoisotopic (exact) mass is 389 g/mol. The Morgan fingerprint density at radius 3 is 2.70 bits per heavy atom. The number of hydrogen-bond donors (Lipinski definition) is 1. The largest absolute Gasteiger partial charge is 0.477 e. The highest BCUT2D eigenvalue weighted by Crippen LogP contribution is 2.44. The summed E-state index contributed by atoms with van der Waals surface area (Å²) in [6.07, 6.45) is 1.94. The van der Waals surface area contributed by atoms with Crippen molar-refractivity contribution in [3.63, 3.8) is 0 Å². The normalized spacial score (nSPS) is 18.4. The van der Waals surface area contributed by atoms with Crippen LogP contribution in [0.2, 0.25) is 0 Å². The standard InChI is InChI=1S/C20H20FNO4S/c1-12-2-3-13(21)10-14(12)18(23)22-7-5-20(6-8-22)15-11-17(19(24)25)27-16(15)4-9-26-20/h2-3,10-11H,4-9H2,1H3,(H,24,25). The summed E-state index contributed by atoms with van der Waals surface area (Å²) in [7, 11) is 0. The van der Waals surface area contributed by atoms with E-state index in [4.69, 9.17) is 4.74 Å². The molecule has 1 fully saturated rings. The molecule has 1 N–H and O–H groups in total. The molecule has 2 aromatic rings. The van der Waals surface area contributed by atoms with Gasteiger partial charge in [-0.2, -0.15) is 0 Å². The number of thiophene rings is 1. The van der Waals surface area contributed by atoms with Crippen molar-refractivity contribution < 1.29 is 23.8 Å². The third kappa shape index (κ3) is 3.15. The molecule has 142 valence electrons. The molecule has 0 aliphatic carbocycles. The molecule has 7 heteroatoms. The fraction of sp³-hybridized carbons (Fsp3) is 0.400. The molecule has 5 nitrogen and oxygen atoms in total. The van der Waals surface area contributed by atoms with E-state index in [1.807, 2.05) is 0 Å². The zero-order valence-electron chi connectivity index (χ0n) is 15.0. The molecule has 4 rings (SSSR count). The first-order valence-electron chi connectivity index (χ1n) is 8.95. The Morgan fingerprint density at radius 2 is 2.00 bits per heavy atom. The van der Waals surface area contributed by atoms with Crippen LogP contribution in [0.3, 0.4) is 0 Å². The molecule has 0 bridgehead atoms. The maximum Gasteiger partial charge on any atom is 0.345 e. The summed E-state index contributed by atoms with van der Waals surface area (Å²) in [4.78, 5) is 27.3. The Morgan fingerprint density at radius 1 is 1.26 bits per heavy atom. The van der Waals surface area contributed by atoms with Crippen LogP contribution in [0, 0.1) is 12.7 Å². The van der Waals surface area contributed by atoms with Crippen LogP contribution in [0.5, 0.6) is 0 Å². The number of nitrogens with zero attached hydrogens (tertiary/aromatic N) is 1. The van der Waals surface area contributed by atoms with Gasteiger partial charge in [0.25, 0.3) is 5.91 Å². The Labute approximate surface area is 160 Å². The van der Waals surface area contributed by atoms with Gasteiger partial charge in [-0.1, -0.05) is 6.07 Å². The second-order valence-electron chi connectivity index (χ2n) is 7.10. The molecule has 2 aliphatic heterocycles. The maximum absolute atomic E-state index is 13.6. The number of amides is 1. The van der Waals surface area contributed by atoms with Crippen LogP contribution in [0.4, 0.5) is 4.39 Å². The van der Waals surface area contributed by atoms with Gasteiger partial charge in [-0.25, -0.2) is 9.18 Å². The number of fused-ring (bicyclic) bond motifs is 2. The summed E-state index contributed by atoms with van der Waals surface area (Å²) >= 11 is 1.32. The van der Waals surface area contributed by atoms with Crippen LogP contribution < -0.4 is 0 Å². The number of benzene rings is 1. The van der Waals surface area contributed by atoms with Crippen LogP contribution in [-0.2, 0) is 16.8 Å². The highest BCUT2D eigenvalue weighted by molar-refractivity contribution is 7.14. The number of likely N-dealkylation sites (tertiary alicyclic amines) is 1. The Kier molecular flexibility index (Phi) is 4.52. The molecular formula is C20H20FNO4S. The number of aromatic carboxylic acids is 1. The summed E-state index contributed by atoms with van der Waals surface area (Å²) in [6, 6.07) is 5.99. The van der Waals surface area contributed by atoms with Crippen LogP contribution in [0.1, 0.15) is 48.9 Å². The van der Waals surface area contributed by atoms with Gasteiger partial charge < -0.3 is 14.7 Å². The van der Waals surface area contributed by atoms with E-state index in [-0.39, 0.29) is 5.91 Å². The van der Waals surface area contributed by atoms with Gasteiger partial charge in [0, 0.05) is 30.0 Å². The van der Waals surface area contributed by atoms with Crippen molar-refractivity contribution in [3.8, 4) is 0 Å². The number of piperidine rings is 1. The fourth-order valence-electron chi connectivity index (χ4n) is 4.00. The molecule has 1 aromatic heterocycles. The van der Waals surface area contributed by atoms with Gasteiger partial charge in [0.2, 0.25) is 0 Å². The first-order valence-corrected chi connectivity index (χ1v) is 9.77. The van der Waals surface area contributed by atoms with E-state index in [0.29, 0.717) is 43.0 Å². The smallest absolute Gasteiger partial charge is 0.345 e. The molecule has 1 spiro atoms. The molecule has 1 amide bonds. The number of rotatable bonds is 2. The Bertz CT molecular complexity index is 915. The number of carbonyl (C=O) groups excluding carboxylic acids is 1. The summed E-state index contributed by atoms with van der Waals surface area (Å²) < 4.78 is 19.7. The minimum absolute atomic E-state index is 0.172. The van der Waals surface area contributed by atoms with Crippen LogP contribution in [-0.4, -0.2) is 41.6 Å². The molecule has 0 saturated carbocycles. The van der Waals surface area contributed by atoms with Crippen molar-refractivity contribution in [3.05, 3.63) is 56.5 Å². The van der Waals surface area contributed by atoms with Crippen molar-refractivity contribution in [2.75, 3.05) is 19.7 Å². The predicted octanol–water partition coefficient (Wildman–Crippen LogP) is 3.60. The molecule has 0 radical (unpaired) electrons. The number of ether oxygens (including phenoxy) is 1. The van der Waals surface area contributed by atoms with E-state index >= 15 is 0 Å². The van der Waals surface area contributed by atoms with Crippen molar-refractivity contribution >= 4 is 23.2 Å². The minimum atomic E-state index is -0.918. The number of carboxylic acid groups (broad SMARTS) is 1. The molecular weight excluding hydrogens is 369 g/mol. The lowest BCUT2D eigenvalue weighted by Gasteiger charge is -2.44. The van der Waals surface area contributed by atoms with Crippen LogP contribution >= 0.6 is 11.3 Å². The van der Waals surface area contributed by atoms with Gasteiger partial charge in [0.15, 0.2) is 0 Å². The van der Waals surface area contributed by atoms with E-state index in [1.54, 1.807) is 24.0 Å². The second-order valence-corrected chi connectivity index (χ2v) is 8.23. The lowest BCUT2D eigenvalue weighted by molar-refractivity contribution is -0.0926. The van der Waals surface area contributed by atoms with E-state index in [9.17, 15) is 19.1 Å². The van der Waals surface area contributed by atoms with E-state index < -0.39 is 17.4 Å². The third-order valence-corrected chi connectivity index (χ3v) is 6.69. The second kappa shape index (κ2) is 6.73. The molecule has 1 aromatic carbocycles. The summed E-state index contributed by atoms with van der Waals surface area (Å²) in [5.74, 6) is -1.51. The van der Waals surface area contributed by atoms with Crippen LogP contribution in [0.15, 0.2) is 24.3 Å².